The average molecular weight is 542 g/mol. The van der Waals surface area contributed by atoms with E-state index in [0.29, 0.717) is 23.8 Å². The quantitative estimate of drug-likeness (QED) is 0.238. The van der Waals surface area contributed by atoms with E-state index in [9.17, 15) is 9.59 Å². The highest BCUT2D eigenvalue weighted by atomic mass is 16.5. The maximum absolute atomic E-state index is 13.5. The molecule has 0 spiro atoms. The Morgan fingerprint density at radius 2 is 1.50 bits per heavy atom. The van der Waals surface area contributed by atoms with E-state index in [4.69, 9.17) is 14.6 Å². The van der Waals surface area contributed by atoms with Gasteiger partial charge in [-0.15, -0.1) is 0 Å². The molecule has 3 aromatic carbocycles. The summed E-state index contributed by atoms with van der Waals surface area (Å²) in [7, 11) is 3.20. The third kappa shape index (κ3) is 6.79. The normalized spacial score (nSPS) is 10.6. The van der Waals surface area contributed by atoms with Crippen molar-refractivity contribution in [1.82, 2.24) is 14.7 Å². The van der Waals surface area contributed by atoms with Crippen molar-refractivity contribution in [3.05, 3.63) is 84.6 Å². The third-order valence-electron chi connectivity index (χ3n) is 6.44. The predicted octanol–water partition coefficient (Wildman–Crippen LogP) is 6.14. The predicted molar refractivity (Wildman–Crippen MR) is 157 cm³/mol. The summed E-state index contributed by atoms with van der Waals surface area (Å²) in [5.74, 6) is 1.62. The zero-order valence-corrected chi connectivity index (χ0v) is 23.3. The van der Waals surface area contributed by atoms with Gasteiger partial charge in [-0.1, -0.05) is 43.7 Å². The van der Waals surface area contributed by atoms with Crippen molar-refractivity contribution in [3.63, 3.8) is 0 Å². The molecule has 0 atom stereocenters. The molecule has 0 saturated carbocycles. The molecule has 1 aromatic heterocycles. The second kappa shape index (κ2) is 13.3. The minimum absolute atomic E-state index is 0.122. The lowest BCUT2D eigenvalue weighted by molar-refractivity contribution is -0.116. The molecule has 0 saturated heterocycles. The highest BCUT2D eigenvalue weighted by molar-refractivity contribution is 5.99. The zero-order chi connectivity index (χ0) is 28.5. The van der Waals surface area contributed by atoms with E-state index in [2.05, 4.69) is 10.6 Å². The number of aryl methyl sites for hydroxylation is 1. The molecule has 40 heavy (non-hydrogen) atoms. The summed E-state index contributed by atoms with van der Waals surface area (Å²) in [6, 6.07) is 24.0. The first kappa shape index (κ1) is 28.2. The molecule has 0 aliphatic heterocycles. The second-order valence-corrected chi connectivity index (χ2v) is 9.27. The van der Waals surface area contributed by atoms with Crippen molar-refractivity contribution in [2.75, 3.05) is 37.9 Å². The van der Waals surface area contributed by atoms with Gasteiger partial charge in [0.1, 0.15) is 23.9 Å². The molecule has 0 bridgehead atoms. The SMILES string of the molecule is CCCCN(CC(=O)Nc1c(-c2ccccc2)c(C)nn1-c1ccc(OC)cc1)C(=O)Nc1ccc(OC)cc1. The van der Waals surface area contributed by atoms with E-state index in [1.807, 2.05) is 68.4 Å². The number of methoxy groups -OCH3 is 2. The first-order valence-corrected chi connectivity index (χ1v) is 13.2. The van der Waals surface area contributed by atoms with Gasteiger partial charge in [0.05, 0.1) is 25.6 Å². The average Bonchev–Trinajstić information content (AvgIpc) is 3.31. The zero-order valence-electron chi connectivity index (χ0n) is 23.3. The Bertz CT molecular complexity index is 1420. The fourth-order valence-electron chi connectivity index (χ4n) is 4.33. The molecule has 0 radical (unpaired) electrons. The molecule has 4 rings (SSSR count). The van der Waals surface area contributed by atoms with E-state index in [0.717, 1.165) is 41.1 Å². The van der Waals surface area contributed by atoms with Gasteiger partial charge in [0.2, 0.25) is 5.91 Å². The highest BCUT2D eigenvalue weighted by Gasteiger charge is 2.23. The number of nitrogens with one attached hydrogen (secondary N) is 2. The molecule has 2 N–H and O–H groups in total. The van der Waals surface area contributed by atoms with E-state index in [1.54, 1.807) is 43.2 Å². The maximum atomic E-state index is 13.5. The lowest BCUT2D eigenvalue weighted by atomic mass is 10.1. The van der Waals surface area contributed by atoms with Gasteiger partial charge in [0.25, 0.3) is 0 Å². The van der Waals surface area contributed by atoms with E-state index >= 15 is 0 Å². The Morgan fingerprint density at radius 3 is 2.10 bits per heavy atom. The van der Waals surface area contributed by atoms with Gasteiger partial charge in [0, 0.05) is 17.8 Å². The summed E-state index contributed by atoms with van der Waals surface area (Å²) in [5, 5.41) is 10.7. The molecule has 1 heterocycles. The molecule has 9 nitrogen and oxygen atoms in total. The number of carbonyl (C=O) groups is 2. The van der Waals surface area contributed by atoms with Crippen molar-refractivity contribution >= 4 is 23.4 Å². The number of rotatable bonds is 11. The van der Waals surface area contributed by atoms with Gasteiger partial charge in [-0.25, -0.2) is 9.48 Å². The van der Waals surface area contributed by atoms with Gasteiger partial charge >= 0.3 is 6.03 Å². The summed E-state index contributed by atoms with van der Waals surface area (Å²) in [5.41, 5.74) is 3.88. The number of anilines is 2. The smallest absolute Gasteiger partial charge is 0.322 e. The minimum atomic E-state index is -0.350. The molecule has 0 fully saturated rings. The standard InChI is InChI=1S/C31H35N5O4/c1-5-6-20-35(31(38)32-24-12-16-26(39-3)17-13-24)21-28(37)33-30-29(23-10-8-7-9-11-23)22(2)34-36(30)25-14-18-27(40-4)19-15-25/h7-19H,5-6,20-21H2,1-4H3,(H,32,38)(H,33,37). The number of amides is 3. The number of hydrogen-bond acceptors (Lipinski definition) is 5. The van der Waals surface area contributed by atoms with Crippen molar-refractivity contribution in [1.29, 1.82) is 0 Å². The van der Waals surface area contributed by atoms with Crippen LogP contribution in [0.15, 0.2) is 78.9 Å². The third-order valence-corrected chi connectivity index (χ3v) is 6.44. The van der Waals surface area contributed by atoms with Crippen LogP contribution in [-0.2, 0) is 4.79 Å². The van der Waals surface area contributed by atoms with Crippen LogP contribution in [0.25, 0.3) is 16.8 Å². The van der Waals surface area contributed by atoms with Crippen molar-refractivity contribution in [2.24, 2.45) is 0 Å². The van der Waals surface area contributed by atoms with Crippen LogP contribution in [0, 0.1) is 6.92 Å². The fourth-order valence-corrected chi connectivity index (χ4v) is 4.33. The molecule has 0 aliphatic rings. The second-order valence-electron chi connectivity index (χ2n) is 9.27. The first-order chi connectivity index (χ1) is 19.4. The molecule has 4 aromatic rings. The van der Waals surface area contributed by atoms with Crippen molar-refractivity contribution in [2.45, 2.75) is 26.7 Å². The van der Waals surface area contributed by atoms with Crippen LogP contribution in [0.2, 0.25) is 0 Å². The molecule has 9 heteroatoms. The van der Waals surface area contributed by atoms with Crippen LogP contribution in [0.3, 0.4) is 0 Å². The highest BCUT2D eigenvalue weighted by Crippen LogP contribution is 2.33. The monoisotopic (exact) mass is 541 g/mol. The molecular formula is C31H35N5O4. The van der Waals surface area contributed by atoms with Crippen LogP contribution in [0.1, 0.15) is 25.5 Å². The van der Waals surface area contributed by atoms with E-state index in [-0.39, 0.29) is 18.5 Å². The number of hydrogen-bond donors (Lipinski definition) is 2. The molecule has 3 amide bonds. The lowest BCUT2D eigenvalue weighted by Crippen LogP contribution is -2.41. The first-order valence-electron chi connectivity index (χ1n) is 13.2. The Kier molecular flexibility index (Phi) is 9.40. The van der Waals surface area contributed by atoms with Crippen LogP contribution in [0.4, 0.5) is 16.3 Å². The lowest BCUT2D eigenvalue weighted by Gasteiger charge is -2.23. The number of urea groups is 1. The number of benzene rings is 3. The van der Waals surface area contributed by atoms with Gasteiger partial charge in [-0.3, -0.25) is 4.79 Å². The molecule has 208 valence electrons. The molecule has 0 unspecified atom stereocenters. The van der Waals surface area contributed by atoms with E-state index in [1.165, 1.54) is 4.90 Å². The Hall–Kier alpha value is -4.79. The molecular weight excluding hydrogens is 506 g/mol. The van der Waals surface area contributed by atoms with Crippen LogP contribution in [-0.4, -0.2) is 53.9 Å². The summed E-state index contributed by atoms with van der Waals surface area (Å²) < 4.78 is 12.2. The number of ether oxygens (including phenoxy) is 2. The number of aromatic nitrogens is 2. The summed E-state index contributed by atoms with van der Waals surface area (Å²) in [6.07, 6.45) is 1.65. The topological polar surface area (TPSA) is 97.7 Å². The number of unbranched alkanes of at least 4 members (excludes halogenated alkanes) is 1. The van der Waals surface area contributed by atoms with Crippen molar-refractivity contribution in [3.8, 4) is 28.3 Å². The van der Waals surface area contributed by atoms with Crippen LogP contribution >= 0.6 is 0 Å². The Morgan fingerprint density at radius 1 is 0.875 bits per heavy atom. The van der Waals surface area contributed by atoms with Crippen LogP contribution in [0.5, 0.6) is 11.5 Å². The summed E-state index contributed by atoms with van der Waals surface area (Å²) in [6.45, 7) is 4.27. The van der Waals surface area contributed by atoms with Crippen LogP contribution < -0.4 is 20.1 Å². The fraction of sp³-hybridized carbons (Fsp3) is 0.258. The van der Waals surface area contributed by atoms with E-state index < -0.39 is 0 Å². The minimum Gasteiger partial charge on any atom is -0.497 e. The number of nitrogens with zero attached hydrogens (tertiary/aromatic N) is 3. The summed E-state index contributed by atoms with van der Waals surface area (Å²) >= 11 is 0. The number of carbonyl (C=O) groups excluding carboxylic acids is 2. The maximum Gasteiger partial charge on any atom is 0.322 e. The largest absolute Gasteiger partial charge is 0.497 e. The van der Waals surface area contributed by atoms with Gasteiger partial charge < -0.3 is 25.0 Å². The van der Waals surface area contributed by atoms with Gasteiger partial charge in [-0.2, -0.15) is 5.10 Å². The molecule has 0 aliphatic carbocycles. The van der Waals surface area contributed by atoms with Crippen molar-refractivity contribution < 1.29 is 19.1 Å². The summed E-state index contributed by atoms with van der Waals surface area (Å²) in [4.78, 5) is 28.2. The van der Waals surface area contributed by atoms with Gasteiger partial charge in [0.15, 0.2) is 0 Å². The Labute approximate surface area is 234 Å². The van der Waals surface area contributed by atoms with Gasteiger partial charge in [-0.05, 0) is 67.4 Å². The Balaban J connectivity index is 1.61.